The summed E-state index contributed by atoms with van der Waals surface area (Å²) < 4.78 is 0. The number of aliphatic carboxylic acids is 1. The van der Waals surface area contributed by atoms with Crippen LogP contribution < -0.4 is 34.7 Å². The molecule has 0 unspecified atom stereocenters. The van der Waals surface area contributed by atoms with Crippen molar-refractivity contribution < 1.29 is 44.6 Å². The molecule has 4 heteroatoms. The van der Waals surface area contributed by atoms with Crippen LogP contribution >= 0.6 is 0 Å². The minimum absolute atomic E-state index is 0. The van der Waals surface area contributed by atoms with Gasteiger partial charge in [0.05, 0.1) is 12.1 Å². The van der Waals surface area contributed by atoms with Gasteiger partial charge in [0.2, 0.25) is 0 Å². The minimum Gasteiger partial charge on any atom is -0.547 e. The average Bonchev–Trinajstić information content (AvgIpc) is 2.39. The first kappa shape index (κ1) is 22.7. The Morgan fingerprint density at radius 2 is 1.20 bits per heavy atom. The van der Waals surface area contributed by atoms with Gasteiger partial charge < -0.3 is 15.0 Å². The van der Waals surface area contributed by atoms with Crippen molar-refractivity contribution >= 4 is 5.97 Å². The van der Waals surface area contributed by atoms with Gasteiger partial charge in [0.25, 0.3) is 0 Å². The Hall–Kier alpha value is 0.430. The fourth-order valence-corrected chi connectivity index (χ4v) is 2.30. The third-order valence-corrected chi connectivity index (χ3v) is 3.60. The van der Waals surface area contributed by atoms with Crippen LogP contribution in [0.2, 0.25) is 0 Å². The molecule has 0 radical (unpaired) electrons. The van der Waals surface area contributed by atoms with Crippen molar-refractivity contribution in [2.45, 2.75) is 96.5 Å². The first-order chi connectivity index (χ1) is 9.18. The number of hydrogen-bond acceptors (Lipinski definition) is 3. The van der Waals surface area contributed by atoms with Crippen LogP contribution in [0.25, 0.3) is 0 Å². The maximum absolute atomic E-state index is 10.3. The molecule has 0 rings (SSSR count). The Kier molecular flexibility index (Phi) is 19.8. The van der Waals surface area contributed by atoms with E-state index in [9.17, 15) is 9.90 Å². The zero-order chi connectivity index (χ0) is 14.3. The van der Waals surface area contributed by atoms with Gasteiger partial charge in [-0.15, -0.1) is 0 Å². The zero-order valence-corrected chi connectivity index (χ0v) is 15.5. The first-order valence-corrected chi connectivity index (χ1v) is 8.07. The number of aliphatic hydroxyl groups excluding tert-OH is 1. The van der Waals surface area contributed by atoms with Crippen LogP contribution in [0, 0.1) is 0 Å². The Morgan fingerprint density at radius 3 is 1.55 bits per heavy atom. The van der Waals surface area contributed by atoms with Crippen molar-refractivity contribution in [2.75, 3.05) is 0 Å². The van der Waals surface area contributed by atoms with Gasteiger partial charge in [-0.1, -0.05) is 84.0 Å². The Labute approximate surface area is 146 Å². The van der Waals surface area contributed by atoms with Crippen LogP contribution in [-0.4, -0.2) is 17.2 Å². The molecule has 0 saturated heterocycles. The molecule has 0 aliphatic heterocycles. The molecule has 0 saturated carbocycles. The average molecular weight is 294 g/mol. The van der Waals surface area contributed by atoms with E-state index in [4.69, 9.17) is 5.11 Å². The number of rotatable bonds is 14. The molecule has 0 aliphatic carbocycles. The SMILES string of the molecule is CCCCCCCCCCCCCC[C@H](O)C(=O)[O-].[Na+]. The summed E-state index contributed by atoms with van der Waals surface area (Å²) in [4.78, 5) is 10.3. The summed E-state index contributed by atoms with van der Waals surface area (Å²) in [5.41, 5.74) is 0. The van der Waals surface area contributed by atoms with Gasteiger partial charge in [-0.2, -0.15) is 0 Å². The van der Waals surface area contributed by atoms with Gasteiger partial charge in [-0.25, -0.2) is 0 Å². The number of unbranched alkanes of at least 4 members (excludes halogenated alkanes) is 11. The predicted molar refractivity (Wildman–Crippen MR) is 76.7 cm³/mol. The molecule has 114 valence electrons. The number of carbonyl (C=O) groups is 1. The maximum atomic E-state index is 10.3. The van der Waals surface area contributed by atoms with Crippen molar-refractivity contribution in [3.63, 3.8) is 0 Å². The van der Waals surface area contributed by atoms with Crippen molar-refractivity contribution in [3.8, 4) is 0 Å². The van der Waals surface area contributed by atoms with E-state index >= 15 is 0 Å². The standard InChI is InChI=1S/C16H32O3.Na/c1-2-3-4-5-6-7-8-9-10-11-12-13-14-15(17)16(18)19;/h15,17H,2-14H2,1H3,(H,18,19);/q;+1/p-1/t15-;/m0./s1. The number of aliphatic hydroxyl groups is 1. The molecule has 0 fully saturated rings. The molecule has 20 heavy (non-hydrogen) atoms. The summed E-state index contributed by atoms with van der Waals surface area (Å²) in [5.74, 6) is -1.34. The minimum atomic E-state index is -1.34. The van der Waals surface area contributed by atoms with E-state index in [0.717, 1.165) is 19.3 Å². The molecule has 0 spiro atoms. The molecule has 1 atom stereocenters. The fraction of sp³-hybridized carbons (Fsp3) is 0.938. The summed E-state index contributed by atoms with van der Waals surface area (Å²) in [6.07, 6.45) is 14.0. The molecular weight excluding hydrogens is 263 g/mol. The van der Waals surface area contributed by atoms with Crippen molar-refractivity contribution in [2.24, 2.45) is 0 Å². The number of carboxylic acid groups (broad SMARTS) is 1. The quantitative estimate of drug-likeness (QED) is 0.367. The second kappa shape index (κ2) is 17.5. The van der Waals surface area contributed by atoms with E-state index in [1.54, 1.807) is 0 Å². The van der Waals surface area contributed by atoms with E-state index in [0.29, 0.717) is 6.42 Å². The summed E-state index contributed by atoms with van der Waals surface area (Å²) >= 11 is 0. The molecular formula is C16H31NaO3. The summed E-state index contributed by atoms with van der Waals surface area (Å²) in [6, 6.07) is 0. The number of carbonyl (C=O) groups excluding carboxylic acids is 1. The first-order valence-electron chi connectivity index (χ1n) is 8.07. The van der Waals surface area contributed by atoms with E-state index in [2.05, 4.69) is 6.92 Å². The normalized spacial score (nSPS) is 11.9. The fourth-order valence-electron chi connectivity index (χ4n) is 2.30. The second-order valence-electron chi connectivity index (χ2n) is 5.51. The topological polar surface area (TPSA) is 60.4 Å². The zero-order valence-electron chi connectivity index (χ0n) is 13.5. The van der Waals surface area contributed by atoms with E-state index in [1.165, 1.54) is 57.8 Å². The van der Waals surface area contributed by atoms with Crippen LogP contribution in [0.5, 0.6) is 0 Å². The molecule has 0 aromatic rings. The van der Waals surface area contributed by atoms with Crippen molar-refractivity contribution in [1.82, 2.24) is 0 Å². The van der Waals surface area contributed by atoms with Crippen LogP contribution in [0.3, 0.4) is 0 Å². The molecule has 1 N–H and O–H groups in total. The van der Waals surface area contributed by atoms with Gasteiger partial charge >= 0.3 is 29.6 Å². The molecule has 3 nitrogen and oxygen atoms in total. The number of hydrogen-bond donors (Lipinski definition) is 1. The summed E-state index contributed by atoms with van der Waals surface area (Å²) in [5, 5.41) is 19.3. The summed E-state index contributed by atoms with van der Waals surface area (Å²) in [7, 11) is 0. The Morgan fingerprint density at radius 1 is 0.850 bits per heavy atom. The monoisotopic (exact) mass is 294 g/mol. The van der Waals surface area contributed by atoms with Crippen LogP contribution in [-0.2, 0) is 4.79 Å². The van der Waals surface area contributed by atoms with Gasteiger partial charge in [-0.3, -0.25) is 0 Å². The predicted octanol–water partition coefficient (Wildman–Crippen LogP) is 0.192. The van der Waals surface area contributed by atoms with Gasteiger partial charge in [0.1, 0.15) is 0 Å². The molecule has 0 aliphatic rings. The third kappa shape index (κ3) is 16.5. The van der Waals surface area contributed by atoms with Crippen LogP contribution in [0.1, 0.15) is 90.4 Å². The van der Waals surface area contributed by atoms with Crippen LogP contribution in [0.15, 0.2) is 0 Å². The Balaban J connectivity index is 0. The Bertz CT molecular complexity index is 210. The van der Waals surface area contributed by atoms with Gasteiger partial charge in [-0.05, 0) is 6.42 Å². The van der Waals surface area contributed by atoms with Crippen LogP contribution in [0.4, 0.5) is 0 Å². The molecule has 0 bridgehead atoms. The molecule has 0 aromatic carbocycles. The third-order valence-electron chi connectivity index (χ3n) is 3.60. The number of carboxylic acids is 1. The van der Waals surface area contributed by atoms with E-state index < -0.39 is 12.1 Å². The van der Waals surface area contributed by atoms with Gasteiger partial charge in [0, 0.05) is 0 Å². The maximum Gasteiger partial charge on any atom is 1.00 e. The summed E-state index contributed by atoms with van der Waals surface area (Å²) in [6.45, 7) is 2.24. The molecule has 0 amide bonds. The largest absolute Gasteiger partial charge is 1.00 e. The van der Waals surface area contributed by atoms with E-state index in [-0.39, 0.29) is 29.6 Å². The van der Waals surface area contributed by atoms with Gasteiger partial charge in [0.15, 0.2) is 0 Å². The molecule has 0 heterocycles. The molecule has 0 aromatic heterocycles. The smallest absolute Gasteiger partial charge is 0.547 e. The second-order valence-corrected chi connectivity index (χ2v) is 5.51. The van der Waals surface area contributed by atoms with E-state index in [1.807, 2.05) is 0 Å². The van der Waals surface area contributed by atoms with Crippen molar-refractivity contribution in [3.05, 3.63) is 0 Å². The van der Waals surface area contributed by atoms with Crippen molar-refractivity contribution in [1.29, 1.82) is 0 Å².